The van der Waals surface area contributed by atoms with E-state index in [1.54, 1.807) is 13.2 Å². The zero-order valence-electron chi connectivity index (χ0n) is 15.9. The van der Waals surface area contributed by atoms with Crippen molar-refractivity contribution >= 4 is 28.3 Å². The van der Waals surface area contributed by atoms with Gasteiger partial charge in [-0.2, -0.15) is 0 Å². The normalized spacial score (nSPS) is 14.2. The van der Waals surface area contributed by atoms with Crippen LogP contribution in [0.3, 0.4) is 0 Å². The number of hydrogen-bond acceptors (Lipinski definition) is 7. The summed E-state index contributed by atoms with van der Waals surface area (Å²) in [4.78, 5) is 14.7. The first-order valence-corrected chi connectivity index (χ1v) is 9.06. The lowest BCUT2D eigenvalue weighted by molar-refractivity contribution is 0.0785. The smallest absolute Gasteiger partial charge is 0.179 e. The Kier molecular flexibility index (Phi) is 5.10. The number of ether oxygens (including phenoxy) is 3. The Morgan fingerprint density at radius 3 is 2.28 bits per heavy atom. The van der Waals surface area contributed by atoms with Crippen molar-refractivity contribution in [2.75, 3.05) is 39.3 Å². The lowest BCUT2D eigenvalue weighted by atomic mass is 10.1. The number of hydrogen-bond donors (Lipinski definition) is 0. The van der Waals surface area contributed by atoms with Crippen LogP contribution in [0.2, 0.25) is 5.15 Å². The monoisotopic (exact) mass is 422 g/mol. The van der Waals surface area contributed by atoms with E-state index < -0.39 is 17.2 Å². The first-order valence-electron chi connectivity index (χ1n) is 8.68. The maximum atomic E-state index is 15.0. The Hall–Kier alpha value is -2.78. The molecule has 1 saturated heterocycles. The molecule has 0 aliphatic carbocycles. The molecule has 1 aliphatic rings. The molecule has 1 aliphatic heterocycles. The maximum absolute atomic E-state index is 15.0. The second-order valence-electron chi connectivity index (χ2n) is 6.44. The van der Waals surface area contributed by atoms with E-state index in [0.29, 0.717) is 29.8 Å². The predicted molar refractivity (Wildman–Crippen MR) is 104 cm³/mol. The number of methoxy groups -OCH3 is 3. The van der Waals surface area contributed by atoms with Crippen LogP contribution in [-0.4, -0.2) is 55.5 Å². The van der Waals surface area contributed by atoms with Crippen LogP contribution in [0.25, 0.3) is 22.3 Å². The number of benzene rings is 1. The number of pyridine rings is 1. The first kappa shape index (κ1) is 19.5. The minimum Gasteiger partial charge on any atom is -0.494 e. The summed E-state index contributed by atoms with van der Waals surface area (Å²) in [7, 11) is 4.19. The molecular formula is C19H17ClF2N4O3. The molecule has 4 rings (SSSR count). The van der Waals surface area contributed by atoms with Crippen LogP contribution in [0.5, 0.6) is 11.5 Å². The van der Waals surface area contributed by atoms with Gasteiger partial charge in [-0.25, -0.2) is 23.7 Å². The van der Waals surface area contributed by atoms with Gasteiger partial charge in [0.15, 0.2) is 29.0 Å². The van der Waals surface area contributed by atoms with E-state index in [1.807, 2.05) is 4.90 Å². The maximum Gasteiger partial charge on any atom is 0.179 e. The summed E-state index contributed by atoms with van der Waals surface area (Å²) in [6.07, 6.45) is 1.49. The molecule has 0 amide bonds. The second-order valence-corrected chi connectivity index (χ2v) is 6.83. The van der Waals surface area contributed by atoms with E-state index in [1.165, 1.54) is 20.4 Å². The second kappa shape index (κ2) is 7.57. The molecule has 0 radical (unpaired) electrons. The van der Waals surface area contributed by atoms with E-state index in [2.05, 4.69) is 15.0 Å². The number of halogens is 3. The number of fused-ring (bicyclic) bond motifs is 1. The fourth-order valence-electron chi connectivity index (χ4n) is 3.19. The summed E-state index contributed by atoms with van der Waals surface area (Å²) in [5.41, 5.74) is -0.0426. The molecular weight excluding hydrogens is 406 g/mol. The van der Waals surface area contributed by atoms with Gasteiger partial charge in [-0.15, -0.1) is 0 Å². The van der Waals surface area contributed by atoms with Crippen LogP contribution in [-0.2, 0) is 4.74 Å². The third-order valence-corrected chi connectivity index (χ3v) is 5.01. The van der Waals surface area contributed by atoms with Gasteiger partial charge in [0.25, 0.3) is 0 Å². The number of nitrogens with zero attached hydrogens (tertiary/aromatic N) is 4. The molecule has 152 valence electrons. The van der Waals surface area contributed by atoms with Crippen molar-refractivity contribution in [2.24, 2.45) is 0 Å². The van der Waals surface area contributed by atoms with Crippen molar-refractivity contribution in [3.8, 4) is 22.9 Å². The van der Waals surface area contributed by atoms with Crippen molar-refractivity contribution in [3.63, 3.8) is 0 Å². The molecule has 3 aromatic rings. The fraction of sp³-hybridized carbons (Fsp3) is 0.316. The molecule has 3 heterocycles. The van der Waals surface area contributed by atoms with Gasteiger partial charge < -0.3 is 19.1 Å². The summed E-state index contributed by atoms with van der Waals surface area (Å²) in [5, 5.41) is 0.887. The van der Waals surface area contributed by atoms with E-state index in [0.717, 1.165) is 6.07 Å². The van der Waals surface area contributed by atoms with Gasteiger partial charge in [0.2, 0.25) is 0 Å². The number of anilines is 1. The van der Waals surface area contributed by atoms with Crippen molar-refractivity contribution in [3.05, 3.63) is 35.1 Å². The van der Waals surface area contributed by atoms with Crippen molar-refractivity contribution in [2.45, 2.75) is 6.10 Å². The number of aromatic nitrogens is 3. The van der Waals surface area contributed by atoms with E-state index >= 15 is 0 Å². The molecule has 0 bridgehead atoms. The van der Waals surface area contributed by atoms with E-state index in [9.17, 15) is 8.78 Å². The van der Waals surface area contributed by atoms with Gasteiger partial charge in [-0.3, -0.25) is 0 Å². The summed E-state index contributed by atoms with van der Waals surface area (Å²) in [6.45, 7) is 1.16. The number of rotatable bonds is 5. The minimum atomic E-state index is -0.920. The Balaban J connectivity index is 1.95. The zero-order valence-corrected chi connectivity index (χ0v) is 16.6. The highest BCUT2D eigenvalue weighted by atomic mass is 35.5. The average molecular weight is 423 g/mol. The van der Waals surface area contributed by atoms with Gasteiger partial charge >= 0.3 is 0 Å². The Bertz CT molecular complexity index is 1060. The van der Waals surface area contributed by atoms with Gasteiger partial charge in [0.05, 0.1) is 37.6 Å². The molecule has 0 spiro atoms. The van der Waals surface area contributed by atoms with Crippen molar-refractivity contribution in [1.82, 2.24) is 15.0 Å². The molecule has 10 heteroatoms. The summed E-state index contributed by atoms with van der Waals surface area (Å²) in [5.74, 6) is -1.86. The molecule has 0 N–H and O–H groups in total. The molecule has 1 aromatic carbocycles. The summed E-state index contributed by atoms with van der Waals surface area (Å²) < 4.78 is 45.3. The molecule has 0 unspecified atom stereocenters. The highest BCUT2D eigenvalue weighted by Crippen LogP contribution is 2.38. The quantitative estimate of drug-likeness (QED) is 0.583. The van der Waals surface area contributed by atoms with Gasteiger partial charge in [-0.05, 0) is 6.07 Å². The van der Waals surface area contributed by atoms with Crippen molar-refractivity contribution < 1.29 is 23.0 Å². The Morgan fingerprint density at radius 1 is 1.03 bits per heavy atom. The highest BCUT2D eigenvalue weighted by molar-refractivity contribution is 6.30. The van der Waals surface area contributed by atoms with E-state index in [-0.39, 0.29) is 28.6 Å². The summed E-state index contributed by atoms with van der Waals surface area (Å²) in [6, 6.07) is 2.76. The van der Waals surface area contributed by atoms with Crippen LogP contribution in [0.4, 0.5) is 14.6 Å². The largest absolute Gasteiger partial charge is 0.494 e. The summed E-state index contributed by atoms with van der Waals surface area (Å²) >= 11 is 6.04. The molecule has 2 aromatic heterocycles. The lowest BCUT2D eigenvalue weighted by Crippen LogP contribution is -2.52. The molecule has 0 saturated carbocycles. The standard InChI is InChI=1S/C19H17ClF2N4O3/c1-27-9-7-26(8-9)19-10-4-14(20)23-6-11(10)24-18(25-19)15-16(21)12(28-2)5-13(29-3)17(15)22/h4-6,9H,7-8H2,1-3H3. The molecule has 29 heavy (non-hydrogen) atoms. The Labute approximate surface area is 170 Å². The molecule has 0 atom stereocenters. The SMILES string of the molecule is COc1cc(OC)c(F)c(-c2nc(N3CC(OC)C3)c3cc(Cl)ncc3n2)c1F. The van der Waals surface area contributed by atoms with Crippen LogP contribution in [0, 0.1) is 11.6 Å². The minimum absolute atomic E-state index is 0.0474. The van der Waals surface area contributed by atoms with Crippen molar-refractivity contribution in [1.29, 1.82) is 0 Å². The topological polar surface area (TPSA) is 69.6 Å². The van der Waals surface area contributed by atoms with Crippen LogP contribution < -0.4 is 14.4 Å². The van der Waals surface area contributed by atoms with Gasteiger partial charge in [0.1, 0.15) is 11.0 Å². The Morgan fingerprint density at radius 2 is 1.69 bits per heavy atom. The lowest BCUT2D eigenvalue weighted by Gasteiger charge is -2.39. The predicted octanol–water partition coefficient (Wildman–Crippen LogP) is 3.48. The van der Waals surface area contributed by atoms with Gasteiger partial charge in [0, 0.05) is 31.7 Å². The molecule has 1 fully saturated rings. The average Bonchev–Trinajstić information content (AvgIpc) is 2.68. The van der Waals surface area contributed by atoms with E-state index in [4.69, 9.17) is 25.8 Å². The third-order valence-electron chi connectivity index (χ3n) is 4.81. The first-order chi connectivity index (χ1) is 14.0. The fourth-order valence-corrected chi connectivity index (χ4v) is 3.34. The molecule has 7 nitrogen and oxygen atoms in total. The highest BCUT2D eigenvalue weighted by Gasteiger charge is 2.31. The third kappa shape index (κ3) is 3.30. The van der Waals surface area contributed by atoms with Gasteiger partial charge in [-0.1, -0.05) is 11.6 Å². The van der Waals surface area contributed by atoms with Crippen LogP contribution in [0.15, 0.2) is 18.3 Å². The van der Waals surface area contributed by atoms with Crippen LogP contribution >= 0.6 is 11.6 Å². The van der Waals surface area contributed by atoms with Crippen LogP contribution in [0.1, 0.15) is 0 Å². The zero-order chi connectivity index (χ0) is 20.7.